The minimum Gasteiger partial charge on any atom is -0.354 e. The van der Waals surface area contributed by atoms with Crippen LogP contribution >= 0.6 is 34.7 Å². The van der Waals surface area contributed by atoms with E-state index in [0.717, 1.165) is 9.83 Å². The molecule has 0 radical (unpaired) electrons. The highest BCUT2D eigenvalue weighted by molar-refractivity contribution is 7.99. The molecule has 0 aliphatic rings. The van der Waals surface area contributed by atoms with Crippen LogP contribution in [0.1, 0.15) is 0 Å². The van der Waals surface area contributed by atoms with E-state index < -0.39 is 0 Å². The lowest BCUT2D eigenvalue weighted by Gasteiger charge is -2.04. The van der Waals surface area contributed by atoms with E-state index >= 15 is 0 Å². The van der Waals surface area contributed by atoms with Gasteiger partial charge in [0.25, 0.3) is 0 Å². The molecule has 0 atom stereocenters. The van der Waals surface area contributed by atoms with Gasteiger partial charge in [0.1, 0.15) is 11.0 Å². The van der Waals surface area contributed by atoms with Crippen molar-refractivity contribution in [1.82, 2.24) is 24.6 Å². The first kappa shape index (κ1) is 18.0. The molecule has 8 nitrogen and oxygen atoms in total. The highest BCUT2D eigenvalue weighted by atomic mass is 35.5. The zero-order valence-electron chi connectivity index (χ0n) is 14.4. The van der Waals surface area contributed by atoms with Gasteiger partial charge in [-0.2, -0.15) is 4.98 Å². The molecule has 0 spiro atoms. The number of fused-ring (bicyclic) bond motifs is 3. The van der Waals surface area contributed by atoms with Gasteiger partial charge in [-0.3, -0.25) is 9.20 Å². The first-order valence-corrected chi connectivity index (χ1v) is 10.0. The van der Waals surface area contributed by atoms with Gasteiger partial charge in [0.05, 0.1) is 5.75 Å². The van der Waals surface area contributed by atoms with E-state index in [1.54, 1.807) is 35.0 Å². The van der Waals surface area contributed by atoms with E-state index in [-0.39, 0.29) is 11.7 Å². The quantitative estimate of drug-likeness (QED) is 0.497. The lowest BCUT2D eigenvalue weighted by molar-refractivity contribution is -0.113. The average molecular weight is 420 g/mol. The molecule has 3 aromatic heterocycles. The van der Waals surface area contributed by atoms with Crippen molar-refractivity contribution < 1.29 is 4.79 Å². The van der Waals surface area contributed by atoms with Gasteiger partial charge in [-0.15, -0.1) is 10.2 Å². The molecular formula is C16H14ClN7OS2. The topological polar surface area (TPSA) is 88.3 Å². The number of halogens is 1. The highest BCUT2D eigenvalue weighted by Crippen LogP contribution is 2.30. The number of thiazole rings is 1. The largest absolute Gasteiger partial charge is 0.354 e. The lowest BCUT2D eigenvalue weighted by Crippen LogP contribution is -2.14. The van der Waals surface area contributed by atoms with Crippen molar-refractivity contribution >= 4 is 67.4 Å². The van der Waals surface area contributed by atoms with Crippen molar-refractivity contribution in [3.63, 3.8) is 0 Å². The number of carbonyl (C=O) groups excluding carboxylic acids is 1. The second-order valence-electron chi connectivity index (χ2n) is 5.81. The van der Waals surface area contributed by atoms with E-state index in [4.69, 9.17) is 11.6 Å². The molecule has 3 heterocycles. The summed E-state index contributed by atoms with van der Waals surface area (Å²) >= 11 is 8.72. The number of carbonyl (C=O) groups is 1. The van der Waals surface area contributed by atoms with Gasteiger partial charge in [0.15, 0.2) is 21.6 Å². The molecule has 0 saturated carbocycles. The third kappa shape index (κ3) is 3.68. The molecule has 138 valence electrons. The number of aromatic nitrogens is 5. The number of thioether (sulfide) groups is 1. The monoisotopic (exact) mass is 419 g/mol. The second kappa shape index (κ2) is 7.29. The van der Waals surface area contributed by atoms with E-state index in [0.29, 0.717) is 27.2 Å². The first-order valence-electron chi connectivity index (χ1n) is 7.87. The fourth-order valence-electron chi connectivity index (χ4n) is 2.37. The van der Waals surface area contributed by atoms with Gasteiger partial charge in [-0.05, 0) is 18.2 Å². The molecule has 1 aromatic carbocycles. The van der Waals surface area contributed by atoms with Crippen LogP contribution in [0.3, 0.4) is 0 Å². The van der Waals surface area contributed by atoms with Crippen LogP contribution in [-0.4, -0.2) is 50.3 Å². The Hall–Kier alpha value is -2.43. The number of hydrogen-bond donors (Lipinski definition) is 1. The van der Waals surface area contributed by atoms with E-state index in [1.807, 2.05) is 19.0 Å². The Balaban J connectivity index is 1.52. The Bertz CT molecular complexity index is 1140. The van der Waals surface area contributed by atoms with Crippen LogP contribution in [0.2, 0.25) is 5.02 Å². The molecule has 4 rings (SSSR count). The minimum atomic E-state index is -0.152. The van der Waals surface area contributed by atoms with Crippen molar-refractivity contribution in [2.24, 2.45) is 0 Å². The number of nitrogens with zero attached hydrogens (tertiary/aromatic N) is 6. The van der Waals surface area contributed by atoms with Gasteiger partial charge >= 0.3 is 0 Å². The molecular weight excluding hydrogens is 406 g/mol. The Morgan fingerprint density at radius 3 is 3.00 bits per heavy atom. The van der Waals surface area contributed by atoms with E-state index in [2.05, 4.69) is 25.5 Å². The Labute approximate surface area is 167 Å². The SMILES string of the molecule is CN(C)c1nc2ncn3c(SCC(=O)Nc4cccc(Cl)c4)nnc3c2s1. The molecule has 0 unspecified atom stereocenters. The maximum Gasteiger partial charge on any atom is 0.234 e. The van der Waals surface area contributed by atoms with E-state index in [1.165, 1.54) is 23.1 Å². The van der Waals surface area contributed by atoms with Crippen molar-refractivity contribution in [3.05, 3.63) is 35.6 Å². The Kier molecular flexibility index (Phi) is 4.85. The fourth-order valence-corrected chi connectivity index (χ4v) is 4.18. The number of benzene rings is 1. The van der Waals surface area contributed by atoms with Crippen LogP contribution in [0.5, 0.6) is 0 Å². The van der Waals surface area contributed by atoms with Crippen LogP contribution in [0, 0.1) is 0 Å². The number of hydrogen-bond acceptors (Lipinski definition) is 8. The van der Waals surface area contributed by atoms with Crippen LogP contribution in [0.4, 0.5) is 10.8 Å². The van der Waals surface area contributed by atoms with Gasteiger partial charge in [0.2, 0.25) is 5.91 Å². The average Bonchev–Trinajstić information content (AvgIpc) is 3.23. The minimum absolute atomic E-state index is 0.152. The predicted molar refractivity (Wildman–Crippen MR) is 109 cm³/mol. The maximum atomic E-state index is 12.2. The van der Waals surface area contributed by atoms with Crippen molar-refractivity contribution in [2.75, 3.05) is 30.1 Å². The highest BCUT2D eigenvalue weighted by Gasteiger charge is 2.16. The molecule has 27 heavy (non-hydrogen) atoms. The van der Waals surface area contributed by atoms with Crippen LogP contribution < -0.4 is 10.2 Å². The summed E-state index contributed by atoms with van der Waals surface area (Å²) in [6, 6.07) is 7.02. The van der Waals surface area contributed by atoms with Gasteiger partial charge < -0.3 is 10.2 Å². The maximum absolute atomic E-state index is 12.2. The van der Waals surface area contributed by atoms with Crippen LogP contribution in [0.25, 0.3) is 16.0 Å². The van der Waals surface area contributed by atoms with Gasteiger partial charge in [0, 0.05) is 24.8 Å². The van der Waals surface area contributed by atoms with E-state index in [9.17, 15) is 4.79 Å². The van der Waals surface area contributed by atoms with Crippen molar-refractivity contribution in [3.8, 4) is 0 Å². The van der Waals surface area contributed by atoms with Gasteiger partial charge in [-0.25, -0.2) is 4.98 Å². The molecule has 1 N–H and O–H groups in total. The fraction of sp³-hybridized carbons (Fsp3) is 0.188. The third-order valence-corrected chi connectivity index (χ3v) is 5.97. The molecule has 0 bridgehead atoms. The standard InChI is InChI=1S/C16H14ClN7OS2/c1-23(2)15-20-13-12(27-15)14-21-22-16(24(14)8-18-13)26-7-11(25)19-10-5-3-4-9(17)6-10/h3-6,8H,7H2,1-2H3,(H,19,25). The third-order valence-electron chi connectivity index (χ3n) is 3.58. The summed E-state index contributed by atoms with van der Waals surface area (Å²) in [6.45, 7) is 0. The molecule has 0 fully saturated rings. The number of rotatable bonds is 5. The normalized spacial score (nSPS) is 11.2. The zero-order valence-corrected chi connectivity index (χ0v) is 16.8. The summed E-state index contributed by atoms with van der Waals surface area (Å²) in [5.41, 5.74) is 1.98. The van der Waals surface area contributed by atoms with Crippen LogP contribution in [-0.2, 0) is 4.79 Å². The summed E-state index contributed by atoms with van der Waals surface area (Å²) in [6.07, 6.45) is 1.63. The summed E-state index contributed by atoms with van der Waals surface area (Å²) in [4.78, 5) is 23.0. The molecule has 0 aliphatic heterocycles. The summed E-state index contributed by atoms with van der Waals surface area (Å²) in [7, 11) is 3.86. The first-order chi connectivity index (χ1) is 13.0. The summed E-state index contributed by atoms with van der Waals surface area (Å²) in [5.74, 6) is 0.0394. The zero-order chi connectivity index (χ0) is 19.0. The van der Waals surface area contributed by atoms with Crippen molar-refractivity contribution in [2.45, 2.75) is 5.16 Å². The Morgan fingerprint density at radius 2 is 2.22 bits per heavy atom. The summed E-state index contributed by atoms with van der Waals surface area (Å²) in [5, 5.41) is 13.3. The molecule has 0 saturated heterocycles. The Morgan fingerprint density at radius 1 is 1.37 bits per heavy atom. The smallest absolute Gasteiger partial charge is 0.234 e. The molecule has 0 aliphatic carbocycles. The van der Waals surface area contributed by atoms with Crippen molar-refractivity contribution in [1.29, 1.82) is 0 Å². The number of amides is 1. The second-order valence-corrected chi connectivity index (χ2v) is 8.17. The predicted octanol–water partition coefficient (Wildman–Crippen LogP) is 3.18. The lowest BCUT2D eigenvalue weighted by atomic mass is 10.3. The molecule has 11 heteroatoms. The van der Waals surface area contributed by atoms with Crippen LogP contribution in [0.15, 0.2) is 35.7 Å². The molecule has 4 aromatic rings. The number of nitrogens with one attached hydrogen (secondary N) is 1. The molecule has 1 amide bonds. The number of anilines is 2. The summed E-state index contributed by atoms with van der Waals surface area (Å²) < 4.78 is 2.64. The van der Waals surface area contributed by atoms with Gasteiger partial charge in [-0.1, -0.05) is 40.8 Å².